The van der Waals surface area contributed by atoms with Gasteiger partial charge >= 0.3 is 0 Å². The number of nitrogens with one attached hydrogen (secondary N) is 1. The standard InChI is InChI=1S/C13H24N2O2/c1-3-5-12-13(16)15(10(2)14-12)8-7-11-6-4-9-17-11/h10-12,14H,3-9H2,1-2H3. The predicted octanol–water partition coefficient (Wildman–Crippen LogP) is 1.50. The molecule has 2 heterocycles. The number of carbonyl (C=O) groups is 1. The molecule has 2 fully saturated rings. The van der Waals surface area contributed by atoms with Crippen LogP contribution in [-0.2, 0) is 9.53 Å². The van der Waals surface area contributed by atoms with E-state index in [0.29, 0.717) is 6.10 Å². The van der Waals surface area contributed by atoms with Gasteiger partial charge in [0, 0.05) is 13.2 Å². The summed E-state index contributed by atoms with van der Waals surface area (Å²) in [5, 5.41) is 3.37. The molecular formula is C13H24N2O2. The number of hydrogen-bond donors (Lipinski definition) is 1. The summed E-state index contributed by atoms with van der Waals surface area (Å²) < 4.78 is 5.60. The summed E-state index contributed by atoms with van der Waals surface area (Å²) >= 11 is 0. The van der Waals surface area contributed by atoms with Crippen LogP contribution in [0.2, 0.25) is 0 Å². The molecule has 1 N–H and O–H groups in total. The Morgan fingerprint density at radius 3 is 2.94 bits per heavy atom. The van der Waals surface area contributed by atoms with Crippen LogP contribution in [0.1, 0.15) is 46.0 Å². The van der Waals surface area contributed by atoms with E-state index in [1.165, 1.54) is 6.42 Å². The fraction of sp³-hybridized carbons (Fsp3) is 0.923. The SMILES string of the molecule is CCCC1NC(C)N(CCC2CCCO2)C1=O. The molecule has 4 heteroatoms. The largest absolute Gasteiger partial charge is 0.378 e. The molecule has 0 aromatic heterocycles. The summed E-state index contributed by atoms with van der Waals surface area (Å²) in [5.74, 6) is 0.275. The minimum absolute atomic E-state index is 0.0412. The first-order valence-corrected chi connectivity index (χ1v) is 6.90. The molecule has 2 aliphatic heterocycles. The summed E-state index contributed by atoms with van der Waals surface area (Å²) in [4.78, 5) is 14.1. The molecule has 0 bridgehead atoms. The van der Waals surface area contributed by atoms with E-state index in [1.54, 1.807) is 0 Å². The van der Waals surface area contributed by atoms with Crippen molar-refractivity contribution in [2.75, 3.05) is 13.2 Å². The highest BCUT2D eigenvalue weighted by molar-refractivity contribution is 5.84. The molecule has 3 atom stereocenters. The van der Waals surface area contributed by atoms with Crippen molar-refractivity contribution in [1.29, 1.82) is 0 Å². The molecule has 2 rings (SSSR count). The predicted molar refractivity (Wildman–Crippen MR) is 66.6 cm³/mol. The average molecular weight is 240 g/mol. The lowest BCUT2D eigenvalue weighted by molar-refractivity contribution is -0.130. The Kier molecular flexibility index (Phi) is 4.40. The number of ether oxygens (including phenoxy) is 1. The van der Waals surface area contributed by atoms with E-state index in [-0.39, 0.29) is 18.1 Å². The molecule has 0 aliphatic carbocycles. The van der Waals surface area contributed by atoms with Gasteiger partial charge in [-0.2, -0.15) is 0 Å². The highest BCUT2D eigenvalue weighted by atomic mass is 16.5. The topological polar surface area (TPSA) is 41.6 Å². The molecule has 4 nitrogen and oxygen atoms in total. The van der Waals surface area contributed by atoms with Crippen molar-refractivity contribution in [3.8, 4) is 0 Å². The van der Waals surface area contributed by atoms with Crippen molar-refractivity contribution in [2.24, 2.45) is 0 Å². The van der Waals surface area contributed by atoms with Crippen LogP contribution in [0.5, 0.6) is 0 Å². The summed E-state index contributed by atoms with van der Waals surface area (Å²) in [6, 6.07) is 0.0412. The molecule has 0 saturated carbocycles. The summed E-state index contributed by atoms with van der Waals surface area (Å²) in [7, 11) is 0. The second-order valence-corrected chi connectivity index (χ2v) is 5.14. The second kappa shape index (κ2) is 5.83. The van der Waals surface area contributed by atoms with Crippen molar-refractivity contribution < 1.29 is 9.53 Å². The third-order valence-electron chi connectivity index (χ3n) is 3.78. The minimum atomic E-state index is 0.0412. The van der Waals surface area contributed by atoms with Crippen molar-refractivity contribution in [3.63, 3.8) is 0 Å². The van der Waals surface area contributed by atoms with Crippen LogP contribution in [-0.4, -0.2) is 42.3 Å². The van der Waals surface area contributed by atoms with Crippen LogP contribution in [0.3, 0.4) is 0 Å². The van der Waals surface area contributed by atoms with Gasteiger partial charge in [-0.15, -0.1) is 0 Å². The maximum Gasteiger partial charge on any atom is 0.241 e. The number of amides is 1. The number of nitrogens with zero attached hydrogens (tertiary/aromatic N) is 1. The van der Waals surface area contributed by atoms with Crippen molar-refractivity contribution >= 4 is 5.91 Å². The van der Waals surface area contributed by atoms with Gasteiger partial charge in [0.05, 0.1) is 18.3 Å². The van der Waals surface area contributed by atoms with E-state index in [0.717, 1.165) is 38.8 Å². The zero-order chi connectivity index (χ0) is 12.3. The molecule has 0 spiro atoms. The molecule has 0 aromatic rings. The molecular weight excluding hydrogens is 216 g/mol. The molecule has 98 valence electrons. The molecule has 17 heavy (non-hydrogen) atoms. The van der Waals surface area contributed by atoms with Gasteiger partial charge in [0.1, 0.15) is 0 Å². The van der Waals surface area contributed by atoms with E-state index in [1.807, 2.05) is 4.90 Å². The summed E-state index contributed by atoms with van der Waals surface area (Å²) in [5.41, 5.74) is 0. The van der Waals surface area contributed by atoms with Gasteiger partial charge < -0.3 is 9.64 Å². The first-order valence-electron chi connectivity index (χ1n) is 6.90. The highest BCUT2D eigenvalue weighted by Crippen LogP contribution is 2.19. The summed E-state index contributed by atoms with van der Waals surface area (Å²) in [6.45, 7) is 5.92. The zero-order valence-corrected chi connectivity index (χ0v) is 10.9. The Morgan fingerprint density at radius 2 is 2.29 bits per heavy atom. The van der Waals surface area contributed by atoms with Crippen LogP contribution in [0.25, 0.3) is 0 Å². The first-order chi connectivity index (χ1) is 8.22. The van der Waals surface area contributed by atoms with Gasteiger partial charge in [-0.05, 0) is 32.6 Å². The number of rotatable bonds is 5. The van der Waals surface area contributed by atoms with Crippen LogP contribution < -0.4 is 5.32 Å². The highest BCUT2D eigenvalue weighted by Gasteiger charge is 2.35. The number of hydrogen-bond acceptors (Lipinski definition) is 3. The fourth-order valence-corrected chi connectivity index (χ4v) is 2.80. The number of carbonyl (C=O) groups excluding carboxylic acids is 1. The van der Waals surface area contributed by atoms with E-state index in [9.17, 15) is 4.79 Å². The van der Waals surface area contributed by atoms with Crippen LogP contribution in [0.4, 0.5) is 0 Å². The Balaban J connectivity index is 1.81. The van der Waals surface area contributed by atoms with Gasteiger partial charge in [0.2, 0.25) is 5.91 Å². The Bertz CT molecular complexity index is 264. The van der Waals surface area contributed by atoms with Crippen LogP contribution >= 0.6 is 0 Å². The Morgan fingerprint density at radius 1 is 1.47 bits per heavy atom. The minimum Gasteiger partial charge on any atom is -0.378 e. The monoisotopic (exact) mass is 240 g/mol. The van der Waals surface area contributed by atoms with E-state index in [4.69, 9.17) is 4.74 Å². The van der Waals surface area contributed by atoms with E-state index < -0.39 is 0 Å². The molecule has 0 radical (unpaired) electrons. The van der Waals surface area contributed by atoms with Crippen LogP contribution in [0, 0.1) is 0 Å². The molecule has 3 unspecified atom stereocenters. The smallest absolute Gasteiger partial charge is 0.241 e. The zero-order valence-electron chi connectivity index (χ0n) is 10.9. The normalized spacial score (nSPS) is 33.6. The molecule has 1 amide bonds. The molecule has 0 aromatic carbocycles. The quantitative estimate of drug-likeness (QED) is 0.792. The average Bonchev–Trinajstić information content (AvgIpc) is 2.88. The maximum atomic E-state index is 12.1. The lowest BCUT2D eigenvalue weighted by Gasteiger charge is -2.22. The Hall–Kier alpha value is -0.610. The van der Waals surface area contributed by atoms with Crippen molar-refractivity contribution in [1.82, 2.24) is 10.2 Å². The lowest BCUT2D eigenvalue weighted by Crippen LogP contribution is -2.36. The van der Waals surface area contributed by atoms with Crippen LogP contribution in [0.15, 0.2) is 0 Å². The van der Waals surface area contributed by atoms with Crippen molar-refractivity contribution in [3.05, 3.63) is 0 Å². The fourth-order valence-electron chi connectivity index (χ4n) is 2.80. The second-order valence-electron chi connectivity index (χ2n) is 5.14. The first kappa shape index (κ1) is 12.8. The van der Waals surface area contributed by atoms with Gasteiger partial charge in [0.15, 0.2) is 0 Å². The summed E-state index contributed by atoms with van der Waals surface area (Å²) in [6.07, 6.45) is 5.86. The molecule has 2 saturated heterocycles. The van der Waals surface area contributed by atoms with Gasteiger partial charge in [-0.3, -0.25) is 10.1 Å². The van der Waals surface area contributed by atoms with Gasteiger partial charge in [0.25, 0.3) is 0 Å². The maximum absolute atomic E-state index is 12.1. The third kappa shape index (κ3) is 2.99. The Labute approximate surface area is 104 Å². The van der Waals surface area contributed by atoms with E-state index in [2.05, 4.69) is 19.2 Å². The van der Waals surface area contributed by atoms with Gasteiger partial charge in [-0.1, -0.05) is 13.3 Å². The molecule has 2 aliphatic rings. The lowest BCUT2D eigenvalue weighted by atomic mass is 10.1. The van der Waals surface area contributed by atoms with Crippen molar-refractivity contribution in [2.45, 2.75) is 64.3 Å². The van der Waals surface area contributed by atoms with E-state index >= 15 is 0 Å². The third-order valence-corrected chi connectivity index (χ3v) is 3.78. The van der Waals surface area contributed by atoms with Gasteiger partial charge in [-0.25, -0.2) is 0 Å².